The molecule has 0 saturated heterocycles. The highest BCUT2D eigenvalue weighted by atomic mass is 16.4. The fourth-order valence-corrected chi connectivity index (χ4v) is 2.09. The second kappa shape index (κ2) is 6.11. The summed E-state index contributed by atoms with van der Waals surface area (Å²) in [6.45, 7) is 0.707. The van der Waals surface area contributed by atoms with E-state index >= 15 is 0 Å². The van der Waals surface area contributed by atoms with Crippen LogP contribution >= 0.6 is 0 Å². The molecule has 0 aliphatic heterocycles. The lowest BCUT2D eigenvalue weighted by atomic mass is 9.94. The van der Waals surface area contributed by atoms with E-state index in [0.29, 0.717) is 6.54 Å². The summed E-state index contributed by atoms with van der Waals surface area (Å²) in [5.41, 5.74) is 1.22. The van der Waals surface area contributed by atoms with E-state index in [4.69, 9.17) is 0 Å². The standard InChI is InChI=1S/C14H19NO3/c16-12-7-6-11(13(17)14(12)18)15-9-8-10-4-2-1-3-5-10/h1-7,11-18H,8-9H2/t11-,12-,13+,14+/m1/s1. The summed E-state index contributed by atoms with van der Waals surface area (Å²) in [7, 11) is 0. The van der Waals surface area contributed by atoms with Crippen LogP contribution in [0.5, 0.6) is 0 Å². The van der Waals surface area contributed by atoms with Crippen LogP contribution in [0.25, 0.3) is 0 Å². The zero-order valence-corrected chi connectivity index (χ0v) is 10.1. The molecule has 4 N–H and O–H groups in total. The molecule has 0 amide bonds. The first-order valence-electron chi connectivity index (χ1n) is 6.18. The zero-order chi connectivity index (χ0) is 13.0. The van der Waals surface area contributed by atoms with E-state index in [9.17, 15) is 15.3 Å². The van der Waals surface area contributed by atoms with Crippen molar-refractivity contribution in [2.45, 2.75) is 30.8 Å². The maximum absolute atomic E-state index is 9.78. The molecular formula is C14H19NO3. The molecule has 2 rings (SSSR count). The molecule has 1 aromatic carbocycles. The van der Waals surface area contributed by atoms with Gasteiger partial charge < -0.3 is 20.6 Å². The van der Waals surface area contributed by atoms with Crippen LogP contribution in [0.15, 0.2) is 42.5 Å². The monoisotopic (exact) mass is 249 g/mol. The molecule has 4 atom stereocenters. The first kappa shape index (κ1) is 13.2. The Balaban J connectivity index is 1.82. The predicted octanol–water partition coefficient (Wildman–Crippen LogP) is -0.160. The minimum absolute atomic E-state index is 0.313. The van der Waals surface area contributed by atoms with Crippen molar-refractivity contribution in [2.24, 2.45) is 0 Å². The van der Waals surface area contributed by atoms with Crippen LogP contribution < -0.4 is 5.32 Å². The highest BCUT2D eigenvalue weighted by Crippen LogP contribution is 2.13. The van der Waals surface area contributed by atoms with Crippen LogP contribution in [0.4, 0.5) is 0 Å². The quantitative estimate of drug-likeness (QED) is 0.560. The predicted molar refractivity (Wildman–Crippen MR) is 69.1 cm³/mol. The molecule has 4 heteroatoms. The van der Waals surface area contributed by atoms with Gasteiger partial charge in [0.05, 0.1) is 6.04 Å². The van der Waals surface area contributed by atoms with E-state index in [1.807, 2.05) is 30.3 Å². The Hall–Kier alpha value is -1.20. The number of hydrogen-bond acceptors (Lipinski definition) is 4. The van der Waals surface area contributed by atoms with Gasteiger partial charge >= 0.3 is 0 Å². The van der Waals surface area contributed by atoms with E-state index < -0.39 is 18.3 Å². The second-order valence-corrected chi connectivity index (χ2v) is 4.57. The summed E-state index contributed by atoms with van der Waals surface area (Å²) in [5.74, 6) is 0. The maximum atomic E-state index is 9.78. The van der Waals surface area contributed by atoms with E-state index in [-0.39, 0.29) is 6.04 Å². The number of aliphatic hydroxyl groups excluding tert-OH is 3. The molecule has 0 aromatic heterocycles. The lowest BCUT2D eigenvalue weighted by molar-refractivity contribution is -0.0564. The third-order valence-corrected chi connectivity index (χ3v) is 3.22. The van der Waals surface area contributed by atoms with Gasteiger partial charge in [0.15, 0.2) is 0 Å². The van der Waals surface area contributed by atoms with Gasteiger partial charge in [-0.3, -0.25) is 0 Å². The highest BCUT2D eigenvalue weighted by molar-refractivity contribution is 5.15. The lowest BCUT2D eigenvalue weighted by Gasteiger charge is -2.31. The Morgan fingerprint density at radius 1 is 0.944 bits per heavy atom. The minimum Gasteiger partial charge on any atom is -0.388 e. The van der Waals surface area contributed by atoms with Gasteiger partial charge in [0.25, 0.3) is 0 Å². The van der Waals surface area contributed by atoms with Crippen molar-refractivity contribution in [2.75, 3.05) is 6.54 Å². The van der Waals surface area contributed by atoms with E-state index in [2.05, 4.69) is 5.32 Å². The Bertz CT molecular complexity index is 393. The Labute approximate surface area is 107 Å². The lowest BCUT2D eigenvalue weighted by Crippen LogP contribution is -2.52. The largest absolute Gasteiger partial charge is 0.388 e. The van der Waals surface area contributed by atoms with Gasteiger partial charge in [0, 0.05) is 0 Å². The van der Waals surface area contributed by atoms with Crippen LogP contribution in [0.1, 0.15) is 5.56 Å². The first-order valence-corrected chi connectivity index (χ1v) is 6.18. The summed E-state index contributed by atoms with van der Waals surface area (Å²) < 4.78 is 0. The average Bonchev–Trinajstić information content (AvgIpc) is 2.40. The molecule has 0 bridgehead atoms. The van der Waals surface area contributed by atoms with Crippen molar-refractivity contribution < 1.29 is 15.3 Å². The molecule has 0 spiro atoms. The smallest absolute Gasteiger partial charge is 0.111 e. The van der Waals surface area contributed by atoms with Gasteiger partial charge in [-0.05, 0) is 18.5 Å². The van der Waals surface area contributed by atoms with E-state index in [1.54, 1.807) is 6.08 Å². The Kier molecular flexibility index (Phi) is 4.49. The molecule has 1 aromatic rings. The van der Waals surface area contributed by atoms with Crippen molar-refractivity contribution in [3.05, 3.63) is 48.0 Å². The van der Waals surface area contributed by atoms with Crippen LogP contribution in [-0.4, -0.2) is 46.2 Å². The molecule has 0 radical (unpaired) electrons. The molecule has 18 heavy (non-hydrogen) atoms. The maximum Gasteiger partial charge on any atom is 0.111 e. The number of aliphatic hydroxyl groups is 3. The molecular weight excluding hydrogens is 230 g/mol. The third kappa shape index (κ3) is 3.17. The van der Waals surface area contributed by atoms with Crippen LogP contribution in [0, 0.1) is 0 Å². The van der Waals surface area contributed by atoms with Crippen molar-refractivity contribution in [1.82, 2.24) is 5.32 Å². The van der Waals surface area contributed by atoms with Gasteiger partial charge in [0.2, 0.25) is 0 Å². The minimum atomic E-state index is -1.12. The molecule has 0 fully saturated rings. The van der Waals surface area contributed by atoms with Crippen molar-refractivity contribution >= 4 is 0 Å². The first-order chi connectivity index (χ1) is 8.68. The molecule has 1 aliphatic carbocycles. The number of benzene rings is 1. The summed E-state index contributed by atoms with van der Waals surface area (Å²) >= 11 is 0. The van der Waals surface area contributed by atoms with Crippen molar-refractivity contribution in [3.63, 3.8) is 0 Å². The normalized spacial score (nSPS) is 31.5. The molecule has 4 nitrogen and oxygen atoms in total. The molecule has 0 heterocycles. The van der Waals surface area contributed by atoms with Crippen molar-refractivity contribution in [1.29, 1.82) is 0 Å². The Morgan fingerprint density at radius 2 is 1.67 bits per heavy atom. The number of hydrogen-bond donors (Lipinski definition) is 4. The summed E-state index contributed by atoms with van der Waals surface area (Å²) in [5, 5.41) is 31.8. The fraction of sp³-hybridized carbons (Fsp3) is 0.429. The second-order valence-electron chi connectivity index (χ2n) is 4.57. The summed E-state index contributed by atoms with van der Waals surface area (Å²) in [6.07, 6.45) is 0.999. The van der Waals surface area contributed by atoms with Crippen LogP contribution in [-0.2, 0) is 6.42 Å². The van der Waals surface area contributed by atoms with Crippen molar-refractivity contribution in [3.8, 4) is 0 Å². The molecule has 0 saturated carbocycles. The topological polar surface area (TPSA) is 72.7 Å². The van der Waals surface area contributed by atoms with Gasteiger partial charge in [-0.25, -0.2) is 0 Å². The van der Waals surface area contributed by atoms with E-state index in [1.165, 1.54) is 11.6 Å². The summed E-state index contributed by atoms with van der Waals surface area (Å²) in [6, 6.07) is 9.74. The Morgan fingerprint density at radius 3 is 2.39 bits per heavy atom. The van der Waals surface area contributed by atoms with Gasteiger partial charge in [-0.2, -0.15) is 0 Å². The van der Waals surface area contributed by atoms with Gasteiger partial charge in [-0.1, -0.05) is 42.5 Å². The molecule has 0 unspecified atom stereocenters. The average molecular weight is 249 g/mol. The SMILES string of the molecule is O[C@@H]1[C@@H](O)[C@H](NCCc2ccccc2)C=C[C@H]1O. The summed E-state index contributed by atoms with van der Waals surface area (Å²) in [4.78, 5) is 0. The molecule has 98 valence electrons. The zero-order valence-electron chi connectivity index (χ0n) is 10.1. The highest BCUT2D eigenvalue weighted by Gasteiger charge is 2.32. The van der Waals surface area contributed by atoms with E-state index in [0.717, 1.165) is 6.42 Å². The van der Waals surface area contributed by atoms with Crippen LogP contribution in [0.3, 0.4) is 0 Å². The van der Waals surface area contributed by atoms with Gasteiger partial charge in [0.1, 0.15) is 18.3 Å². The number of nitrogens with one attached hydrogen (secondary N) is 1. The third-order valence-electron chi connectivity index (χ3n) is 3.22. The molecule has 1 aliphatic rings. The fourth-order valence-electron chi connectivity index (χ4n) is 2.09. The van der Waals surface area contributed by atoms with Gasteiger partial charge in [-0.15, -0.1) is 0 Å². The number of rotatable bonds is 4. The van der Waals surface area contributed by atoms with Crippen LogP contribution in [0.2, 0.25) is 0 Å².